The minimum Gasteiger partial charge on any atom is -0.298 e. The summed E-state index contributed by atoms with van der Waals surface area (Å²) in [6, 6.07) is 5.52. The molecule has 0 atom stereocenters. The molecule has 3 nitrogen and oxygen atoms in total. The van der Waals surface area contributed by atoms with Crippen LogP contribution in [0.1, 0.15) is 10.4 Å². The maximum absolute atomic E-state index is 10.8. The summed E-state index contributed by atoms with van der Waals surface area (Å²) >= 11 is 6.12. The van der Waals surface area contributed by atoms with Gasteiger partial charge in [0.1, 0.15) is 6.33 Å². The van der Waals surface area contributed by atoms with Crippen molar-refractivity contribution in [2.24, 2.45) is 0 Å². The highest BCUT2D eigenvalue weighted by molar-refractivity contribution is 9.10. The van der Waals surface area contributed by atoms with Gasteiger partial charge in [-0.3, -0.25) is 4.79 Å². The highest BCUT2D eigenvalue weighted by atomic mass is 79.9. The van der Waals surface area contributed by atoms with Gasteiger partial charge in [0.15, 0.2) is 10.6 Å². The fraction of sp³-hybridized carbons (Fsp3) is 0. The van der Waals surface area contributed by atoms with E-state index in [1.165, 1.54) is 29.6 Å². The topological polar surface area (TPSA) is 42.9 Å². The molecule has 0 fully saturated rings. The molecule has 0 saturated heterocycles. The molecule has 2 aromatic rings. The molecule has 0 N–H and O–H groups in total. The molecule has 0 unspecified atom stereocenters. The molecule has 0 aliphatic rings. The number of aldehydes is 1. The Bertz CT molecular complexity index is 473. The zero-order valence-corrected chi connectivity index (χ0v) is 10.6. The van der Waals surface area contributed by atoms with Crippen LogP contribution in [0.25, 0.3) is 0 Å². The van der Waals surface area contributed by atoms with Crippen LogP contribution in [0.4, 0.5) is 0 Å². The number of halogens is 1. The Kier molecular flexibility index (Phi) is 3.50. The van der Waals surface area contributed by atoms with Gasteiger partial charge in [-0.1, -0.05) is 27.7 Å². The Morgan fingerprint density at radius 2 is 2.33 bits per heavy atom. The molecule has 15 heavy (non-hydrogen) atoms. The van der Waals surface area contributed by atoms with Gasteiger partial charge in [-0.05, 0) is 29.7 Å². The van der Waals surface area contributed by atoms with Gasteiger partial charge < -0.3 is 0 Å². The normalized spacial score (nSPS) is 10.2. The quantitative estimate of drug-likeness (QED) is 0.816. The summed E-state index contributed by atoms with van der Waals surface area (Å²) in [5.41, 5.74) is 0.665. The minimum absolute atomic E-state index is 0.665. The largest absolute Gasteiger partial charge is 0.298 e. The fourth-order valence-electron chi connectivity index (χ4n) is 0.996. The van der Waals surface area contributed by atoms with Crippen molar-refractivity contribution < 1.29 is 4.79 Å². The zero-order chi connectivity index (χ0) is 10.7. The van der Waals surface area contributed by atoms with Crippen molar-refractivity contribution in [2.75, 3.05) is 0 Å². The van der Waals surface area contributed by atoms with Gasteiger partial charge in [0.2, 0.25) is 0 Å². The van der Waals surface area contributed by atoms with E-state index >= 15 is 0 Å². The second kappa shape index (κ2) is 4.87. The lowest BCUT2D eigenvalue weighted by Crippen LogP contribution is -1.84. The molecule has 76 valence electrons. The van der Waals surface area contributed by atoms with Gasteiger partial charge in [0.25, 0.3) is 0 Å². The van der Waals surface area contributed by atoms with E-state index in [-0.39, 0.29) is 0 Å². The lowest BCUT2D eigenvalue weighted by Gasteiger charge is -2.01. The van der Waals surface area contributed by atoms with Crippen molar-refractivity contribution in [1.29, 1.82) is 0 Å². The predicted molar refractivity (Wildman–Crippen MR) is 63.6 cm³/mol. The first-order valence-corrected chi connectivity index (χ1v) is 6.37. The molecule has 0 bridgehead atoms. The number of aromatic nitrogens is 2. The van der Waals surface area contributed by atoms with E-state index in [9.17, 15) is 4.79 Å². The number of nitrogens with zero attached hydrogens (tertiary/aromatic N) is 2. The summed E-state index contributed by atoms with van der Waals surface area (Å²) in [7, 11) is 0. The molecule has 0 radical (unpaired) electrons. The van der Waals surface area contributed by atoms with E-state index in [0.29, 0.717) is 5.56 Å². The van der Waals surface area contributed by atoms with Crippen LogP contribution in [0.5, 0.6) is 0 Å². The maximum atomic E-state index is 10.8. The number of hydrogen-bond donors (Lipinski definition) is 0. The van der Waals surface area contributed by atoms with E-state index in [1.54, 1.807) is 6.07 Å². The molecule has 0 amide bonds. The third-order valence-electron chi connectivity index (χ3n) is 1.64. The molecule has 2 rings (SSSR count). The van der Waals surface area contributed by atoms with Gasteiger partial charge >= 0.3 is 0 Å². The molecule has 0 aliphatic carbocycles. The first-order valence-electron chi connectivity index (χ1n) is 3.99. The molecule has 1 heterocycles. The molecule has 0 spiro atoms. The second-order valence-corrected chi connectivity index (χ2v) is 5.59. The van der Waals surface area contributed by atoms with Crippen LogP contribution in [-0.2, 0) is 0 Å². The van der Waals surface area contributed by atoms with Crippen LogP contribution in [0.3, 0.4) is 0 Å². The Balaban J connectivity index is 2.34. The number of carbonyl (C=O) groups excluding carboxylic acids is 1. The zero-order valence-electron chi connectivity index (χ0n) is 7.38. The summed E-state index contributed by atoms with van der Waals surface area (Å²) in [6.45, 7) is 0. The van der Waals surface area contributed by atoms with Gasteiger partial charge in [-0.25, -0.2) is 4.98 Å². The number of benzene rings is 1. The molecule has 1 aromatic carbocycles. The average molecular weight is 301 g/mol. The van der Waals surface area contributed by atoms with E-state index in [4.69, 9.17) is 0 Å². The molecule has 0 aliphatic heterocycles. The van der Waals surface area contributed by atoms with Crippen molar-refractivity contribution in [3.63, 3.8) is 0 Å². The van der Waals surface area contributed by atoms with Crippen LogP contribution >= 0.6 is 39.2 Å². The Hall–Kier alpha value is -0.720. The fourth-order valence-corrected chi connectivity index (χ4v) is 3.04. The standard InChI is InChI=1S/C9H5BrN2OS2/c10-7-2-1-6(4-13)8(3-7)14-9-11-5-12-15-9/h1-5H. The van der Waals surface area contributed by atoms with Crippen LogP contribution in [0, 0.1) is 0 Å². The summed E-state index contributed by atoms with van der Waals surface area (Å²) in [5.74, 6) is 0. The minimum atomic E-state index is 0.665. The first kappa shape index (κ1) is 10.8. The SMILES string of the molecule is O=Cc1ccc(Br)cc1Sc1ncns1. The summed E-state index contributed by atoms with van der Waals surface area (Å²) in [6.07, 6.45) is 2.35. The summed E-state index contributed by atoms with van der Waals surface area (Å²) < 4.78 is 5.68. The average Bonchev–Trinajstić information content (AvgIpc) is 2.71. The van der Waals surface area contributed by atoms with Gasteiger partial charge in [0, 0.05) is 14.9 Å². The predicted octanol–water partition coefficient (Wildman–Crippen LogP) is 3.26. The van der Waals surface area contributed by atoms with E-state index in [2.05, 4.69) is 25.3 Å². The van der Waals surface area contributed by atoms with Crippen molar-refractivity contribution >= 4 is 45.5 Å². The van der Waals surface area contributed by atoms with E-state index < -0.39 is 0 Å². The van der Waals surface area contributed by atoms with Gasteiger partial charge in [0.05, 0.1) is 0 Å². The van der Waals surface area contributed by atoms with E-state index in [1.807, 2.05) is 12.1 Å². The summed E-state index contributed by atoms with van der Waals surface area (Å²) in [4.78, 5) is 15.7. The van der Waals surface area contributed by atoms with Crippen LogP contribution in [0.15, 0.2) is 38.2 Å². The van der Waals surface area contributed by atoms with Crippen LogP contribution in [-0.4, -0.2) is 15.6 Å². The maximum Gasteiger partial charge on any atom is 0.174 e. The second-order valence-electron chi connectivity index (χ2n) is 2.61. The first-order chi connectivity index (χ1) is 7.29. The van der Waals surface area contributed by atoms with Crippen molar-refractivity contribution in [3.8, 4) is 0 Å². The lowest BCUT2D eigenvalue weighted by atomic mass is 10.2. The van der Waals surface area contributed by atoms with Crippen LogP contribution < -0.4 is 0 Å². The summed E-state index contributed by atoms with van der Waals surface area (Å²) in [5, 5.41) is 0. The molecular formula is C9H5BrN2OS2. The highest BCUT2D eigenvalue weighted by Crippen LogP contribution is 2.32. The van der Waals surface area contributed by atoms with Crippen LogP contribution in [0.2, 0.25) is 0 Å². The Morgan fingerprint density at radius 1 is 1.47 bits per heavy atom. The molecule has 1 aromatic heterocycles. The van der Waals surface area contributed by atoms with Gasteiger partial charge in [-0.2, -0.15) is 4.37 Å². The highest BCUT2D eigenvalue weighted by Gasteiger charge is 2.06. The smallest absolute Gasteiger partial charge is 0.174 e. The van der Waals surface area contributed by atoms with Crippen molar-refractivity contribution in [3.05, 3.63) is 34.6 Å². The van der Waals surface area contributed by atoms with Crippen molar-refractivity contribution in [2.45, 2.75) is 9.24 Å². The van der Waals surface area contributed by atoms with E-state index in [0.717, 1.165) is 20.0 Å². The molecule has 6 heteroatoms. The number of carbonyl (C=O) groups is 1. The molecular weight excluding hydrogens is 296 g/mol. The van der Waals surface area contributed by atoms with Crippen molar-refractivity contribution in [1.82, 2.24) is 9.36 Å². The van der Waals surface area contributed by atoms with Gasteiger partial charge in [-0.15, -0.1) is 0 Å². The number of rotatable bonds is 3. The lowest BCUT2D eigenvalue weighted by molar-refractivity contribution is 0.112. The Labute approximate surface area is 103 Å². The third-order valence-corrected chi connectivity index (χ3v) is 3.92. The third kappa shape index (κ3) is 2.64. The monoisotopic (exact) mass is 300 g/mol. The molecule has 0 saturated carbocycles. The Morgan fingerprint density at radius 3 is 3.00 bits per heavy atom. The number of hydrogen-bond acceptors (Lipinski definition) is 5.